The van der Waals surface area contributed by atoms with E-state index >= 15 is 0 Å². The van der Waals surface area contributed by atoms with Crippen LogP contribution < -0.4 is 0 Å². The normalized spacial score (nSPS) is 14.2. The van der Waals surface area contributed by atoms with Crippen LogP contribution in [-0.2, 0) is 18.0 Å². The predicted octanol–water partition coefficient (Wildman–Crippen LogP) is 1.76. The molecule has 4 nitrogen and oxygen atoms in total. The molecule has 0 saturated carbocycles. The molecule has 1 aromatic rings. The second kappa shape index (κ2) is 2.77. The third kappa shape index (κ3) is 1.17. The first-order valence-electron chi connectivity index (χ1n) is 3.72. The molecular formula is C8H6FNO3. The average molecular weight is 183 g/mol. The van der Waals surface area contributed by atoms with Crippen molar-refractivity contribution in [2.24, 2.45) is 0 Å². The Hall–Kier alpha value is -1.49. The summed E-state index contributed by atoms with van der Waals surface area (Å²) in [5.74, 6) is -0.432. The number of ether oxygens (including phenoxy) is 1. The van der Waals surface area contributed by atoms with E-state index in [2.05, 4.69) is 0 Å². The van der Waals surface area contributed by atoms with Gasteiger partial charge in [-0.2, -0.15) is 0 Å². The maximum atomic E-state index is 13.0. The zero-order chi connectivity index (χ0) is 9.42. The Morgan fingerprint density at radius 1 is 1.38 bits per heavy atom. The number of nitro benzene ring substituents is 1. The second-order valence-electron chi connectivity index (χ2n) is 2.77. The van der Waals surface area contributed by atoms with Crippen LogP contribution in [-0.4, -0.2) is 4.92 Å². The number of fused-ring (bicyclic) bond motifs is 1. The molecule has 0 unspecified atom stereocenters. The summed E-state index contributed by atoms with van der Waals surface area (Å²) in [4.78, 5) is 9.98. The van der Waals surface area contributed by atoms with Crippen LogP contribution >= 0.6 is 0 Å². The maximum absolute atomic E-state index is 13.0. The van der Waals surface area contributed by atoms with E-state index in [1.54, 1.807) is 0 Å². The van der Waals surface area contributed by atoms with Crippen molar-refractivity contribution in [3.8, 4) is 0 Å². The lowest BCUT2D eigenvalue weighted by molar-refractivity contribution is -0.385. The first-order valence-corrected chi connectivity index (χ1v) is 3.72. The van der Waals surface area contributed by atoms with E-state index in [-0.39, 0.29) is 18.9 Å². The van der Waals surface area contributed by atoms with Crippen molar-refractivity contribution in [1.29, 1.82) is 0 Å². The molecule has 0 N–H and O–H groups in total. The monoisotopic (exact) mass is 183 g/mol. The third-order valence-electron chi connectivity index (χ3n) is 2.04. The predicted molar refractivity (Wildman–Crippen MR) is 41.5 cm³/mol. The van der Waals surface area contributed by atoms with Crippen molar-refractivity contribution < 1.29 is 14.1 Å². The molecule has 5 heteroatoms. The summed E-state index contributed by atoms with van der Waals surface area (Å²) in [5, 5.41) is 10.5. The molecule has 1 heterocycles. The van der Waals surface area contributed by atoms with Gasteiger partial charge in [-0.05, 0) is 6.07 Å². The standard InChI is InChI=1S/C8H6FNO3/c9-7-1-2-8(10(11)12)6-4-13-3-5(6)7/h1-2H,3-4H2. The zero-order valence-electron chi connectivity index (χ0n) is 6.62. The van der Waals surface area contributed by atoms with Gasteiger partial charge in [-0.1, -0.05) is 0 Å². The van der Waals surface area contributed by atoms with Gasteiger partial charge >= 0.3 is 0 Å². The summed E-state index contributed by atoms with van der Waals surface area (Å²) in [6.45, 7) is 0.256. The summed E-state index contributed by atoms with van der Waals surface area (Å²) in [6.07, 6.45) is 0. The molecule has 0 spiro atoms. The van der Waals surface area contributed by atoms with Gasteiger partial charge in [-0.25, -0.2) is 4.39 Å². The van der Waals surface area contributed by atoms with Crippen LogP contribution in [0.3, 0.4) is 0 Å². The first kappa shape index (κ1) is 8.12. The molecule has 0 radical (unpaired) electrons. The molecule has 0 aromatic heterocycles. The average Bonchev–Trinajstić information content (AvgIpc) is 2.53. The molecule has 0 aliphatic carbocycles. The van der Waals surface area contributed by atoms with Gasteiger partial charge < -0.3 is 4.74 Å². The smallest absolute Gasteiger partial charge is 0.275 e. The SMILES string of the molecule is O=[N+]([O-])c1ccc(F)c2c1COC2. The molecule has 1 aromatic carbocycles. The molecule has 2 rings (SSSR count). The van der Waals surface area contributed by atoms with Gasteiger partial charge in [-0.3, -0.25) is 10.1 Å². The molecule has 0 saturated heterocycles. The highest BCUT2D eigenvalue weighted by Crippen LogP contribution is 2.30. The molecule has 1 aliphatic heterocycles. The zero-order valence-corrected chi connectivity index (χ0v) is 6.62. The highest BCUT2D eigenvalue weighted by molar-refractivity contribution is 5.47. The molecule has 68 valence electrons. The third-order valence-corrected chi connectivity index (χ3v) is 2.04. The van der Waals surface area contributed by atoms with E-state index in [0.717, 1.165) is 6.07 Å². The summed E-state index contributed by atoms with van der Waals surface area (Å²) in [5.41, 5.74) is 0.619. The Kier molecular flexibility index (Phi) is 1.73. The summed E-state index contributed by atoms with van der Waals surface area (Å²) < 4.78 is 18.0. The van der Waals surface area contributed by atoms with E-state index in [1.165, 1.54) is 6.07 Å². The van der Waals surface area contributed by atoms with E-state index < -0.39 is 10.7 Å². The van der Waals surface area contributed by atoms with E-state index in [1.807, 2.05) is 0 Å². The number of halogens is 1. The number of rotatable bonds is 1. The topological polar surface area (TPSA) is 52.4 Å². The number of hydrogen-bond donors (Lipinski definition) is 0. The van der Waals surface area contributed by atoms with E-state index in [0.29, 0.717) is 11.1 Å². The van der Waals surface area contributed by atoms with Gasteiger partial charge in [-0.15, -0.1) is 0 Å². The fourth-order valence-electron chi connectivity index (χ4n) is 1.40. The molecule has 0 fully saturated rings. The van der Waals surface area contributed by atoms with Crippen molar-refractivity contribution in [2.75, 3.05) is 0 Å². The minimum Gasteiger partial charge on any atom is -0.372 e. The lowest BCUT2D eigenvalue weighted by Gasteiger charge is -1.99. The van der Waals surface area contributed by atoms with Gasteiger partial charge in [0.1, 0.15) is 5.82 Å². The van der Waals surface area contributed by atoms with Crippen LogP contribution in [0, 0.1) is 15.9 Å². The highest BCUT2D eigenvalue weighted by Gasteiger charge is 2.25. The van der Waals surface area contributed by atoms with Crippen LogP contribution in [0.2, 0.25) is 0 Å². The number of benzene rings is 1. The number of hydrogen-bond acceptors (Lipinski definition) is 3. The van der Waals surface area contributed by atoms with Crippen LogP contribution in [0.4, 0.5) is 10.1 Å². The Balaban J connectivity index is 2.62. The number of nitro groups is 1. The molecular weight excluding hydrogens is 177 g/mol. The second-order valence-corrected chi connectivity index (χ2v) is 2.77. The fraction of sp³-hybridized carbons (Fsp3) is 0.250. The minimum atomic E-state index is -0.521. The molecule has 0 amide bonds. The van der Waals surface area contributed by atoms with Gasteiger partial charge in [0.2, 0.25) is 0 Å². The Bertz CT molecular complexity index is 378. The molecule has 1 aliphatic rings. The van der Waals surface area contributed by atoms with E-state index in [4.69, 9.17) is 4.74 Å². The summed E-state index contributed by atoms with van der Waals surface area (Å²) >= 11 is 0. The largest absolute Gasteiger partial charge is 0.372 e. The Morgan fingerprint density at radius 3 is 2.77 bits per heavy atom. The van der Waals surface area contributed by atoms with Crippen LogP contribution in [0.15, 0.2) is 12.1 Å². The lowest BCUT2D eigenvalue weighted by atomic mass is 10.1. The highest BCUT2D eigenvalue weighted by atomic mass is 19.1. The van der Waals surface area contributed by atoms with Crippen molar-refractivity contribution >= 4 is 5.69 Å². The first-order chi connectivity index (χ1) is 6.20. The Labute approximate surface area is 73.1 Å². The quantitative estimate of drug-likeness (QED) is 0.492. The summed E-state index contributed by atoms with van der Waals surface area (Å²) in [6, 6.07) is 2.27. The van der Waals surface area contributed by atoms with Crippen molar-refractivity contribution in [3.63, 3.8) is 0 Å². The minimum absolute atomic E-state index is 0.0612. The molecule has 0 bridgehead atoms. The van der Waals surface area contributed by atoms with Gasteiger partial charge in [0.15, 0.2) is 0 Å². The Morgan fingerprint density at radius 2 is 2.08 bits per heavy atom. The van der Waals surface area contributed by atoms with Crippen molar-refractivity contribution in [3.05, 3.63) is 39.2 Å². The fourth-order valence-corrected chi connectivity index (χ4v) is 1.40. The summed E-state index contributed by atoms with van der Waals surface area (Å²) in [7, 11) is 0. The van der Waals surface area contributed by atoms with Crippen molar-refractivity contribution in [2.45, 2.75) is 13.2 Å². The maximum Gasteiger partial charge on any atom is 0.275 e. The molecule has 13 heavy (non-hydrogen) atoms. The molecule has 0 atom stereocenters. The number of nitrogens with zero attached hydrogens (tertiary/aromatic N) is 1. The van der Waals surface area contributed by atoms with Gasteiger partial charge in [0.25, 0.3) is 5.69 Å². The van der Waals surface area contributed by atoms with Gasteiger partial charge in [0, 0.05) is 11.6 Å². The van der Waals surface area contributed by atoms with Crippen LogP contribution in [0.1, 0.15) is 11.1 Å². The van der Waals surface area contributed by atoms with E-state index in [9.17, 15) is 14.5 Å². The van der Waals surface area contributed by atoms with Crippen molar-refractivity contribution in [1.82, 2.24) is 0 Å². The van der Waals surface area contributed by atoms with Crippen LogP contribution in [0.5, 0.6) is 0 Å². The lowest BCUT2D eigenvalue weighted by Crippen LogP contribution is -1.96. The van der Waals surface area contributed by atoms with Gasteiger partial charge in [0.05, 0.1) is 23.7 Å². The van der Waals surface area contributed by atoms with Crippen LogP contribution in [0.25, 0.3) is 0 Å².